The number of carbonyl (C=O) groups is 1. The highest BCUT2D eigenvalue weighted by Gasteiger charge is 2.05. The molecule has 0 saturated heterocycles. The van der Waals surface area contributed by atoms with Crippen molar-refractivity contribution < 1.29 is 4.79 Å². The van der Waals surface area contributed by atoms with Crippen molar-refractivity contribution in [3.8, 4) is 0 Å². The molecular formula is C15H17N3O. The average Bonchev–Trinajstić information content (AvgIpc) is 2.45. The van der Waals surface area contributed by atoms with Crippen LogP contribution in [-0.2, 0) is 6.54 Å². The van der Waals surface area contributed by atoms with Gasteiger partial charge in [-0.15, -0.1) is 0 Å². The molecule has 1 aromatic carbocycles. The molecule has 4 nitrogen and oxygen atoms in total. The van der Waals surface area contributed by atoms with Crippen LogP contribution in [0.15, 0.2) is 42.6 Å². The minimum atomic E-state index is -0.114. The standard InChI is InChI=1S/C15H17N3O/c1-11-4-3-5-12(8-11)9-18-15(19)13-6-7-14(16-2)17-10-13/h3-8,10H,9H2,1-2H3,(H,16,17)(H,18,19). The molecule has 0 saturated carbocycles. The van der Waals surface area contributed by atoms with Crippen LogP contribution in [0.3, 0.4) is 0 Å². The Balaban J connectivity index is 1.97. The third-order valence-electron chi connectivity index (χ3n) is 2.82. The molecule has 0 aliphatic carbocycles. The monoisotopic (exact) mass is 255 g/mol. The maximum Gasteiger partial charge on any atom is 0.253 e. The summed E-state index contributed by atoms with van der Waals surface area (Å²) in [5.41, 5.74) is 2.84. The molecule has 1 amide bonds. The van der Waals surface area contributed by atoms with E-state index in [-0.39, 0.29) is 5.91 Å². The molecule has 98 valence electrons. The fraction of sp³-hybridized carbons (Fsp3) is 0.200. The number of hydrogen-bond acceptors (Lipinski definition) is 3. The second-order valence-corrected chi connectivity index (χ2v) is 4.35. The zero-order valence-electron chi connectivity index (χ0n) is 11.1. The van der Waals surface area contributed by atoms with Crippen molar-refractivity contribution in [3.05, 3.63) is 59.3 Å². The molecule has 0 bridgehead atoms. The Morgan fingerprint density at radius 2 is 2.11 bits per heavy atom. The topological polar surface area (TPSA) is 54.0 Å². The lowest BCUT2D eigenvalue weighted by Crippen LogP contribution is -2.22. The third kappa shape index (κ3) is 3.55. The molecule has 2 rings (SSSR count). The van der Waals surface area contributed by atoms with Crippen LogP contribution in [0.1, 0.15) is 21.5 Å². The quantitative estimate of drug-likeness (QED) is 0.881. The Morgan fingerprint density at radius 3 is 2.74 bits per heavy atom. The number of aryl methyl sites for hydroxylation is 1. The molecule has 19 heavy (non-hydrogen) atoms. The Bertz CT molecular complexity index is 564. The summed E-state index contributed by atoms with van der Waals surface area (Å²) in [6, 6.07) is 11.6. The Hall–Kier alpha value is -2.36. The molecule has 0 radical (unpaired) electrons. The van der Waals surface area contributed by atoms with Gasteiger partial charge >= 0.3 is 0 Å². The zero-order valence-corrected chi connectivity index (χ0v) is 11.1. The Kier molecular flexibility index (Phi) is 4.13. The van der Waals surface area contributed by atoms with E-state index in [1.54, 1.807) is 25.4 Å². The summed E-state index contributed by atoms with van der Waals surface area (Å²) >= 11 is 0. The van der Waals surface area contributed by atoms with Crippen molar-refractivity contribution >= 4 is 11.7 Å². The van der Waals surface area contributed by atoms with Gasteiger partial charge < -0.3 is 10.6 Å². The van der Waals surface area contributed by atoms with Crippen molar-refractivity contribution in [1.82, 2.24) is 10.3 Å². The fourth-order valence-electron chi connectivity index (χ4n) is 1.78. The molecule has 0 aliphatic rings. The Morgan fingerprint density at radius 1 is 1.26 bits per heavy atom. The molecule has 0 fully saturated rings. The van der Waals surface area contributed by atoms with E-state index < -0.39 is 0 Å². The van der Waals surface area contributed by atoms with Crippen LogP contribution in [0.5, 0.6) is 0 Å². The van der Waals surface area contributed by atoms with Crippen LogP contribution in [0.25, 0.3) is 0 Å². The van der Waals surface area contributed by atoms with Crippen molar-refractivity contribution in [3.63, 3.8) is 0 Å². The average molecular weight is 255 g/mol. The van der Waals surface area contributed by atoms with Gasteiger partial charge in [-0.05, 0) is 24.6 Å². The van der Waals surface area contributed by atoms with Gasteiger partial charge in [-0.2, -0.15) is 0 Å². The molecule has 1 heterocycles. The zero-order chi connectivity index (χ0) is 13.7. The maximum absolute atomic E-state index is 11.9. The number of rotatable bonds is 4. The van der Waals surface area contributed by atoms with E-state index in [1.165, 1.54) is 5.56 Å². The van der Waals surface area contributed by atoms with E-state index in [0.29, 0.717) is 12.1 Å². The molecule has 2 N–H and O–H groups in total. The predicted molar refractivity (Wildman–Crippen MR) is 76.1 cm³/mol. The van der Waals surface area contributed by atoms with Gasteiger partial charge in [-0.3, -0.25) is 4.79 Å². The van der Waals surface area contributed by atoms with Crippen LogP contribution in [0.2, 0.25) is 0 Å². The number of benzene rings is 1. The summed E-state index contributed by atoms with van der Waals surface area (Å²) in [6.07, 6.45) is 1.57. The number of hydrogen-bond donors (Lipinski definition) is 2. The second-order valence-electron chi connectivity index (χ2n) is 4.35. The molecule has 0 unspecified atom stereocenters. The van der Waals surface area contributed by atoms with Gasteiger partial charge in [-0.25, -0.2) is 4.98 Å². The largest absolute Gasteiger partial charge is 0.373 e. The fourth-order valence-corrected chi connectivity index (χ4v) is 1.78. The first-order valence-corrected chi connectivity index (χ1v) is 6.16. The lowest BCUT2D eigenvalue weighted by molar-refractivity contribution is 0.0950. The van der Waals surface area contributed by atoms with E-state index >= 15 is 0 Å². The summed E-state index contributed by atoms with van der Waals surface area (Å²) in [7, 11) is 1.79. The lowest BCUT2D eigenvalue weighted by atomic mass is 10.1. The van der Waals surface area contributed by atoms with Crippen molar-refractivity contribution in [1.29, 1.82) is 0 Å². The summed E-state index contributed by atoms with van der Waals surface area (Å²) in [6.45, 7) is 2.56. The summed E-state index contributed by atoms with van der Waals surface area (Å²) in [5.74, 6) is 0.631. The summed E-state index contributed by atoms with van der Waals surface area (Å²) < 4.78 is 0. The van der Waals surface area contributed by atoms with E-state index in [1.807, 2.05) is 25.1 Å². The highest BCUT2D eigenvalue weighted by molar-refractivity contribution is 5.93. The van der Waals surface area contributed by atoms with Gasteiger partial charge in [0.05, 0.1) is 5.56 Å². The van der Waals surface area contributed by atoms with Gasteiger partial charge in [0.1, 0.15) is 5.82 Å². The summed E-state index contributed by atoms with van der Waals surface area (Å²) in [4.78, 5) is 16.0. The van der Waals surface area contributed by atoms with Crippen molar-refractivity contribution in [2.75, 3.05) is 12.4 Å². The van der Waals surface area contributed by atoms with E-state index in [0.717, 1.165) is 11.4 Å². The molecule has 2 aromatic rings. The molecule has 1 aromatic heterocycles. The van der Waals surface area contributed by atoms with Gasteiger partial charge in [0.2, 0.25) is 0 Å². The van der Waals surface area contributed by atoms with E-state index in [4.69, 9.17) is 0 Å². The number of nitrogens with one attached hydrogen (secondary N) is 2. The highest BCUT2D eigenvalue weighted by atomic mass is 16.1. The normalized spacial score (nSPS) is 10.0. The van der Waals surface area contributed by atoms with E-state index in [9.17, 15) is 4.79 Å². The van der Waals surface area contributed by atoms with Crippen LogP contribution in [0, 0.1) is 6.92 Å². The first-order valence-electron chi connectivity index (χ1n) is 6.16. The van der Waals surface area contributed by atoms with Gasteiger partial charge in [-0.1, -0.05) is 29.8 Å². The van der Waals surface area contributed by atoms with Gasteiger partial charge in [0.25, 0.3) is 5.91 Å². The van der Waals surface area contributed by atoms with Gasteiger partial charge in [0, 0.05) is 19.8 Å². The van der Waals surface area contributed by atoms with Crippen LogP contribution >= 0.6 is 0 Å². The first-order chi connectivity index (χ1) is 9.19. The number of anilines is 1. The number of aromatic nitrogens is 1. The number of nitrogens with zero attached hydrogens (tertiary/aromatic N) is 1. The predicted octanol–water partition coefficient (Wildman–Crippen LogP) is 2.36. The second kappa shape index (κ2) is 6.00. The third-order valence-corrected chi connectivity index (χ3v) is 2.82. The molecular weight excluding hydrogens is 238 g/mol. The van der Waals surface area contributed by atoms with Crippen molar-refractivity contribution in [2.45, 2.75) is 13.5 Å². The molecule has 4 heteroatoms. The molecule has 0 aliphatic heterocycles. The minimum Gasteiger partial charge on any atom is -0.373 e. The SMILES string of the molecule is CNc1ccc(C(=O)NCc2cccc(C)c2)cn1. The maximum atomic E-state index is 11.9. The lowest BCUT2D eigenvalue weighted by Gasteiger charge is -2.06. The molecule has 0 spiro atoms. The van der Waals surface area contributed by atoms with Gasteiger partial charge in [0.15, 0.2) is 0 Å². The number of pyridine rings is 1. The van der Waals surface area contributed by atoms with Crippen LogP contribution in [-0.4, -0.2) is 17.9 Å². The molecule has 0 atom stereocenters. The first kappa shape index (κ1) is 13.1. The van der Waals surface area contributed by atoms with Crippen molar-refractivity contribution in [2.24, 2.45) is 0 Å². The highest BCUT2D eigenvalue weighted by Crippen LogP contribution is 2.06. The van der Waals surface area contributed by atoms with Crippen LogP contribution < -0.4 is 10.6 Å². The van der Waals surface area contributed by atoms with E-state index in [2.05, 4.69) is 21.7 Å². The number of carbonyl (C=O) groups excluding carboxylic acids is 1. The Labute approximate surface area is 112 Å². The minimum absolute atomic E-state index is 0.114. The summed E-state index contributed by atoms with van der Waals surface area (Å²) in [5, 5.41) is 5.79. The number of amides is 1. The van der Waals surface area contributed by atoms with Crippen LogP contribution in [0.4, 0.5) is 5.82 Å². The smallest absolute Gasteiger partial charge is 0.253 e.